The summed E-state index contributed by atoms with van der Waals surface area (Å²) in [4.78, 5) is 26.5. The Morgan fingerprint density at radius 1 is 1.32 bits per heavy atom. The lowest BCUT2D eigenvalue weighted by Gasteiger charge is -2.13. The smallest absolute Gasteiger partial charge is 0.360 e. The van der Waals surface area contributed by atoms with Gasteiger partial charge in [0.25, 0.3) is 0 Å². The van der Waals surface area contributed by atoms with Crippen molar-refractivity contribution in [1.29, 1.82) is 0 Å². The first-order chi connectivity index (χ1) is 8.88. The zero-order chi connectivity index (χ0) is 14.0. The van der Waals surface area contributed by atoms with Crippen LogP contribution in [0.5, 0.6) is 0 Å². The van der Waals surface area contributed by atoms with E-state index in [1.807, 2.05) is 0 Å². The second kappa shape index (κ2) is 5.16. The lowest BCUT2D eigenvalue weighted by atomic mass is 10.4. The monoisotopic (exact) mass is 293 g/mol. The number of nitrogens with one attached hydrogen (secondary N) is 1. The summed E-state index contributed by atoms with van der Waals surface area (Å²) in [6.45, 7) is 0.320. The summed E-state index contributed by atoms with van der Waals surface area (Å²) in [6, 6.07) is 0. The summed E-state index contributed by atoms with van der Waals surface area (Å²) in [7, 11) is 0. The van der Waals surface area contributed by atoms with Gasteiger partial charge in [-0.1, -0.05) is 11.3 Å². The molecule has 0 spiro atoms. The maximum absolute atomic E-state index is 12.3. The van der Waals surface area contributed by atoms with E-state index in [1.54, 1.807) is 0 Å². The normalized spacial score (nSPS) is 16.3. The molecule has 0 bridgehead atoms. The molecule has 0 saturated carbocycles. The molecule has 0 atom stereocenters. The average molecular weight is 293 g/mol. The van der Waals surface area contributed by atoms with Gasteiger partial charge in [0.1, 0.15) is 4.88 Å². The highest BCUT2D eigenvalue weighted by Crippen LogP contribution is 2.34. The zero-order valence-corrected chi connectivity index (χ0v) is 10.5. The molecular weight excluding hydrogens is 283 g/mol. The van der Waals surface area contributed by atoms with Gasteiger partial charge in [-0.2, -0.15) is 13.2 Å². The van der Waals surface area contributed by atoms with Crippen LogP contribution in [0.4, 0.5) is 18.3 Å². The van der Waals surface area contributed by atoms with E-state index in [-0.39, 0.29) is 42.9 Å². The lowest BCUT2D eigenvalue weighted by molar-refractivity contribution is -0.138. The van der Waals surface area contributed by atoms with Crippen LogP contribution >= 0.6 is 11.3 Å². The molecule has 1 fully saturated rings. The molecule has 0 unspecified atom stereocenters. The third-order valence-corrected chi connectivity index (χ3v) is 3.55. The highest BCUT2D eigenvalue weighted by Gasteiger charge is 2.33. The summed E-state index contributed by atoms with van der Waals surface area (Å²) in [5.41, 5.74) is 0. The van der Waals surface area contributed by atoms with Crippen LogP contribution in [0.2, 0.25) is 0 Å². The maximum Gasteiger partial charge on any atom is 0.427 e. The van der Waals surface area contributed by atoms with E-state index in [0.29, 0.717) is 11.3 Å². The molecular formula is C10H10F3N3O2S. The number of carbonyl (C=O) groups excluding carboxylic acids is 2. The van der Waals surface area contributed by atoms with Gasteiger partial charge in [-0.15, -0.1) is 0 Å². The number of likely N-dealkylation sites (tertiary alicyclic amines) is 1. The SMILES string of the molecule is O=C1CCC(=O)N1CCNc1ncc(C(F)(F)F)s1. The Morgan fingerprint density at radius 2 is 1.95 bits per heavy atom. The number of nitrogens with zero attached hydrogens (tertiary/aromatic N) is 2. The Kier molecular flexibility index (Phi) is 3.74. The molecule has 1 aliphatic heterocycles. The first-order valence-corrected chi connectivity index (χ1v) is 6.29. The van der Waals surface area contributed by atoms with Crippen molar-refractivity contribution in [3.63, 3.8) is 0 Å². The number of halogens is 3. The first-order valence-electron chi connectivity index (χ1n) is 5.48. The minimum absolute atomic E-state index is 0.117. The number of amides is 2. The molecule has 1 aromatic rings. The molecule has 5 nitrogen and oxygen atoms in total. The number of alkyl halides is 3. The highest BCUT2D eigenvalue weighted by molar-refractivity contribution is 7.15. The fraction of sp³-hybridized carbons (Fsp3) is 0.500. The molecule has 1 saturated heterocycles. The Balaban J connectivity index is 1.85. The van der Waals surface area contributed by atoms with Crippen LogP contribution in [0.15, 0.2) is 6.20 Å². The number of hydrogen-bond acceptors (Lipinski definition) is 5. The highest BCUT2D eigenvalue weighted by atomic mass is 32.1. The Morgan fingerprint density at radius 3 is 2.47 bits per heavy atom. The molecule has 1 aliphatic rings. The molecule has 0 aromatic carbocycles. The predicted molar refractivity (Wildman–Crippen MR) is 61.6 cm³/mol. The van der Waals surface area contributed by atoms with E-state index in [1.165, 1.54) is 0 Å². The van der Waals surface area contributed by atoms with Crippen molar-refractivity contribution in [1.82, 2.24) is 9.88 Å². The van der Waals surface area contributed by atoms with Gasteiger partial charge >= 0.3 is 6.18 Å². The molecule has 2 amide bonds. The number of rotatable bonds is 4. The number of anilines is 1. The van der Waals surface area contributed by atoms with E-state index in [2.05, 4.69) is 10.3 Å². The summed E-state index contributed by atoms with van der Waals surface area (Å²) in [5, 5.41) is 2.78. The quantitative estimate of drug-likeness (QED) is 0.859. The van der Waals surface area contributed by atoms with Gasteiger partial charge in [0.05, 0.1) is 6.20 Å². The van der Waals surface area contributed by atoms with Gasteiger partial charge in [0, 0.05) is 25.9 Å². The second-order valence-corrected chi connectivity index (χ2v) is 4.92. The van der Waals surface area contributed by atoms with Crippen molar-refractivity contribution in [3.8, 4) is 0 Å². The van der Waals surface area contributed by atoms with E-state index in [0.717, 1.165) is 11.1 Å². The van der Waals surface area contributed by atoms with Gasteiger partial charge in [0.2, 0.25) is 11.8 Å². The van der Waals surface area contributed by atoms with Gasteiger partial charge in [-0.3, -0.25) is 14.5 Å². The van der Waals surface area contributed by atoms with Crippen LogP contribution in [0.25, 0.3) is 0 Å². The molecule has 9 heteroatoms. The summed E-state index contributed by atoms with van der Waals surface area (Å²) in [5.74, 6) is -0.496. The topological polar surface area (TPSA) is 62.3 Å². The van der Waals surface area contributed by atoms with Gasteiger partial charge < -0.3 is 5.32 Å². The van der Waals surface area contributed by atoms with Crippen LogP contribution in [0.3, 0.4) is 0 Å². The summed E-state index contributed by atoms with van der Waals surface area (Å²) >= 11 is 0.488. The standard InChI is InChI=1S/C10H10F3N3O2S/c11-10(12,13)6-5-15-9(19-6)14-3-4-16-7(17)1-2-8(16)18/h5H,1-4H2,(H,14,15). The molecule has 19 heavy (non-hydrogen) atoms. The predicted octanol–water partition coefficient (Wildman–Crippen LogP) is 1.72. The zero-order valence-electron chi connectivity index (χ0n) is 9.66. The molecule has 1 aromatic heterocycles. The van der Waals surface area contributed by atoms with Crippen LogP contribution in [-0.2, 0) is 15.8 Å². The number of aromatic nitrogens is 1. The molecule has 0 aliphatic carbocycles. The molecule has 104 valence electrons. The summed E-state index contributed by atoms with van der Waals surface area (Å²) in [6.07, 6.45) is -3.25. The van der Waals surface area contributed by atoms with E-state index >= 15 is 0 Å². The minimum atomic E-state index is -4.40. The Labute approximate surface area is 110 Å². The van der Waals surface area contributed by atoms with Crippen molar-refractivity contribution in [2.45, 2.75) is 19.0 Å². The first kappa shape index (κ1) is 13.8. The minimum Gasteiger partial charge on any atom is -0.360 e. The van der Waals surface area contributed by atoms with E-state index < -0.39 is 11.1 Å². The lowest BCUT2D eigenvalue weighted by Crippen LogP contribution is -2.33. The maximum atomic E-state index is 12.3. The average Bonchev–Trinajstić information content (AvgIpc) is 2.90. The van der Waals surface area contributed by atoms with Crippen molar-refractivity contribution < 1.29 is 22.8 Å². The van der Waals surface area contributed by atoms with E-state index in [4.69, 9.17) is 0 Å². The van der Waals surface area contributed by atoms with Crippen molar-refractivity contribution in [2.75, 3.05) is 18.4 Å². The third kappa shape index (κ3) is 3.22. The van der Waals surface area contributed by atoms with Gasteiger partial charge in [-0.05, 0) is 0 Å². The van der Waals surface area contributed by atoms with Crippen molar-refractivity contribution >= 4 is 28.3 Å². The molecule has 2 heterocycles. The van der Waals surface area contributed by atoms with Crippen molar-refractivity contribution in [2.24, 2.45) is 0 Å². The molecule has 1 N–H and O–H groups in total. The van der Waals surface area contributed by atoms with Gasteiger partial charge in [0.15, 0.2) is 5.13 Å². The van der Waals surface area contributed by atoms with E-state index in [9.17, 15) is 22.8 Å². The molecule has 2 rings (SSSR count). The fourth-order valence-corrected chi connectivity index (χ4v) is 2.34. The number of hydrogen-bond donors (Lipinski definition) is 1. The van der Waals surface area contributed by atoms with Crippen LogP contribution in [0, 0.1) is 0 Å². The number of carbonyl (C=O) groups is 2. The summed E-state index contributed by atoms with van der Waals surface area (Å²) < 4.78 is 36.9. The second-order valence-electron chi connectivity index (χ2n) is 3.89. The number of imide groups is 1. The molecule has 0 radical (unpaired) electrons. The Hall–Kier alpha value is -1.64. The van der Waals surface area contributed by atoms with Gasteiger partial charge in [-0.25, -0.2) is 4.98 Å². The number of thiazole rings is 1. The van der Waals surface area contributed by atoms with Crippen molar-refractivity contribution in [3.05, 3.63) is 11.1 Å². The van der Waals surface area contributed by atoms with Crippen LogP contribution in [0.1, 0.15) is 17.7 Å². The largest absolute Gasteiger partial charge is 0.427 e. The van der Waals surface area contributed by atoms with Crippen LogP contribution in [-0.4, -0.2) is 34.8 Å². The Bertz CT molecular complexity index is 484. The van der Waals surface area contributed by atoms with Crippen LogP contribution < -0.4 is 5.32 Å². The third-order valence-electron chi connectivity index (χ3n) is 2.55. The fourth-order valence-electron chi connectivity index (χ4n) is 1.63.